The Hall–Kier alpha value is -0.320. The average molecular weight is 351 g/mol. The fourth-order valence-corrected chi connectivity index (χ4v) is 4.12. The molecular formula is C14H23ClN2O6. The molecule has 0 aromatic carbocycles. The van der Waals surface area contributed by atoms with Crippen molar-refractivity contribution >= 4 is 17.4 Å². The molecule has 3 rings (SSSR count). The number of aliphatic hydroxyl groups is 2. The van der Waals surface area contributed by atoms with E-state index in [1.54, 1.807) is 21.0 Å². The summed E-state index contributed by atoms with van der Waals surface area (Å²) in [6.45, 7) is 1.72. The fraction of sp³-hybridized carbons (Fsp3) is 0.929. The number of ether oxygens (including phenoxy) is 3. The Morgan fingerprint density at radius 2 is 1.87 bits per heavy atom. The van der Waals surface area contributed by atoms with Gasteiger partial charge in [-0.25, -0.2) is 0 Å². The Morgan fingerprint density at radius 3 is 2.48 bits per heavy atom. The number of hydrogen-bond acceptors (Lipinski definition) is 8. The van der Waals surface area contributed by atoms with Gasteiger partial charge in [-0.3, -0.25) is 4.79 Å². The lowest BCUT2D eigenvalue weighted by Gasteiger charge is -2.55. The lowest BCUT2D eigenvalue weighted by molar-refractivity contribution is -0.411. The van der Waals surface area contributed by atoms with Gasteiger partial charge in [0.2, 0.25) is 6.29 Å². The minimum atomic E-state index is -2.18. The van der Waals surface area contributed by atoms with E-state index in [0.717, 1.165) is 0 Å². The van der Waals surface area contributed by atoms with Gasteiger partial charge in [0.15, 0.2) is 5.78 Å². The van der Waals surface area contributed by atoms with E-state index in [1.165, 1.54) is 0 Å². The SMILES string of the molecule is CN[C@@H]1[C@H](O)[C@H](NC)[C@H]2O[C@@]3(O)C(=O)C[C@@H](C)O[C@H]3O[C@@H]2[C@@H]1Cl. The van der Waals surface area contributed by atoms with E-state index in [9.17, 15) is 15.0 Å². The van der Waals surface area contributed by atoms with Crippen LogP contribution in [0.1, 0.15) is 13.3 Å². The van der Waals surface area contributed by atoms with E-state index in [4.69, 9.17) is 25.8 Å². The predicted molar refractivity (Wildman–Crippen MR) is 80.0 cm³/mol. The van der Waals surface area contributed by atoms with Gasteiger partial charge in [0.05, 0.1) is 29.7 Å². The smallest absolute Gasteiger partial charge is 0.280 e. The minimum Gasteiger partial charge on any atom is -0.390 e. The lowest BCUT2D eigenvalue weighted by atomic mass is 9.81. The van der Waals surface area contributed by atoms with Crippen molar-refractivity contribution in [2.75, 3.05) is 14.1 Å². The largest absolute Gasteiger partial charge is 0.390 e. The van der Waals surface area contributed by atoms with Crippen LogP contribution in [0, 0.1) is 0 Å². The summed E-state index contributed by atoms with van der Waals surface area (Å²) in [5.41, 5.74) is 0. The van der Waals surface area contributed by atoms with E-state index in [1.807, 2.05) is 0 Å². The van der Waals surface area contributed by atoms with Crippen LogP contribution in [-0.4, -0.2) is 84.0 Å². The van der Waals surface area contributed by atoms with Gasteiger partial charge < -0.3 is 35.1 Å². The van der Waals surface area contributed by atoms with Gasteiger partial charge in [-0.05, 0) is 21.0 Å². The predicted octanol–water partition coefficient (Wildman–Crippen LogP) is -1.68. The summed E-state index contributed by atoms with van der Waals surface area (Å²) < 4.78 is 17.1. The zero-order chi connectivity index (χ0) is 16.9. The summed E-state index contributed by atoms with van der Waals surface area (Å²) in [5, 5.41) is 26.4. The second-order valence-corrected chi connectivity index (χ2v) is 6.85. The third-order valence-electron chi connectivity index (χ3n) is 4.88. The molecule has 2 heterocycles. The third-order valence-corrected chi connectivity index (χ3v) is 5.40. The fourth-order valence-electron chi connectivity index (χ4n) is 3.64. The van der Waals surface area contributed by atoms with Crippen LogP contribution < -0.4 is 10.6 Å². The van der Waals surface area contributed by atoms with Crippen LogP contribution in [-0.2, 0) is 19.0 Å². The molecule has 1 saturated carbocycles. The van der Waals surface area contributed by atoms with Gasteiger partial charge in [-0.15, -0.1) is 11.6 Å². The minimum absolute atomic E-state index is 0.0317. The lowest BCUT2D eigenvalue weighted by Crippen LogP contribution is -2.76. The van der Waals surface area contributed by atoms with Gasteiger partial charge in [-0.2, -0.15) is 0 Å². The quantitative estimate of drug-likeness (QED) is 0.437. The van der Waals surface area contributed by atoms with Gasteiger partial charge in [0.1, 0.15) is 12.2 Å². The van der Waals surface area contributed by atoms with Crippen LogP contribution in [0.3, 0.4) is 0 Å². The molecule has 0 bridgehead atoms. The molecule has 0 aromatic rings. The normalized spacial score (nSPS) is 53.6. The maximum atomic E-state index is 12.3. The number of hydrogen-bond donors (Lipinski definition) is 4. The molecule has 4 N–H and O–H groups in total. The van der Waals surface area contributed by atoms with Crippen molar-refractivity contribution in [1.29, 1.82) is 0 Å². The first kappa shape index (κ1) is 17.5. The third kappa shape index (κ3) is 2.61. The van der Waals surface area contributed by atoms with Gasteiger partial charge in [-0.1, -0.05) is 0 Å². The molecule has 3 aliphatic rings. The van der Waals surface area contributed by atoms with Crippen LogP contribution in [0.2, 0.25) is 0 Å². The highest BCUT2D eigenvalue weighted by atomic mass is 35.5. The standard InChI is InChI=1S/C14H23ClN2O6/c1-5-4-6(18)14(20)13(21-5)22-11-7(15)8(16-2)10(19)9(17-3)12(11)23-14/h5,7-13,16-17,19-20H,4H2,1-3H3/t5-,7-,8+,9+,10+,11-,12-,13+,14+/m1/s1. The molecule has 0 amide bonds. The zero-order valence-corrected chi connectivity index (χ0v) is 14.0. The average Bonchev–Trinajstić information content (AvgIpc) is 2.49. The van der Waals surface area contributed by atoms with Crippen LogP contribution in [0.4, 0.5) is 0 Å². The number of ketones is 1. The molecule has 2 saturated heterocycles. The van der Waals surface area contributed by atoms with Crippen molar-refractivity contribution in [2.24, 2.45) is 0 Å². The molecule has 132 valence electrons. The Kier molecular flexibility index (Phi) is 4.72. The topological polar surface area (TPSA) is 109 Å². The summed E-state index contributed by atoms with van der Waals surface area (Å²) in [6.07, 6.45) is -3.90. The number of likely N-dealkylation sites (N-methyl/N-ethyl adjacent to an activating group) is 2. The van der Waals surface area contributed by atoms with E-state index in [-0.39, 0.29) is 12.5 Å². The highest BCUT2D eigenvalue weighted by Crippen LogP contribution is 2.41. The number of Topliss-reactive ketones (excluding diaryl/α,β-unsaturated/α-hetero) is 1. The molecule has 23 heavy (non-hydrogen) atoms. The summed E-state index contributed by atoms with van der Waals surface area (Å²) in [5.74, 6) is -2.67. The molecule has 9 atom stereocenters. The number of carbonyl (C=O) groups is 1. The molecule has 0 spiro atoms. The van der Waals surface area contributed by atoms with Gasteiger partial charge in [0.25, 0.3) is 5.79 Å². The first-order chi connectivity index (χ1) is 10.8. The monoisotopic (exact) mass is 350 g/mol. The molecule has 3 fully saturated rings. The van der Waals surface area contributed by atoms with Gasteiger partial charge >= 0.3 is 0 Å². The van der Waals surface area contributed by atoms with Crippen molar-refractivity contribution in [3.63, 3.8) is 0 Å². The van der Waals surface area contributed by atoms with Crippen molar-refractivity contribution < 1.29 is 29.2 Å². The second kappa shape index (κ2) is 6.20. The van der Waals surface area contributed by atoms with E-state index >= 15 is 0 Å². The van der Waals surface area contributed by atoms with Gasteiger partial charge in [0, 0.05) is 6.42 Å². The van der Waals surface area contributed by atoms with E-state index in [0.29, 0.717) is 0 Å². The Labute approximate surface area is 139 Å². The summed E-state index contributed by atoms with van der Waals surface area (Å²) in [7, 11) is 3.35. The number of carbonyl (C=O) groups excluding carboxylic acids is 1. The van der Waals surface area contributed by atoms with Crippen LogP contribution in [0.5, 0.6) is 0 Å². The molecular weight excluding hydrogens is 328 g/mol. The highest BCUT2D eigenvalue weighted by Gasteiger charge is 2.63. The van der Waals surface area contributed by atoms with Crippen molar-refractivity contribution in [3.8, 4) is 0 Å². The Bertz CT molecular complexity index is 482. The Balaban J connectivity index is 1.92. The maximum absolute atomic E-state index is 12.3. The summed E-state index contributed by atoms with van der Waals surface area (Å²) in [6, 6.07) is -1.01. The zero-order valence-electron chi connectivity index (χ0n) is 13.2. The summed E-state index contributed by atoms with van der Waals surface area (Å²) in [4.78, 5) is 12.3. The highest BCUT2D eigenvalue weighted by molar-refractivity contribution is 6.21. The molecule has 0 aromatic heterocycles. The number of fused-ring (bicyclic) bond motifs is 2. The van der Waals surface area contributed by atoms with Crippen LogP contribution in [0.25, 0.3) is 0 Å². The number of aliphatic hydroxyl groups excluding tert-OH is 1. The molecule has 0 radical (unpaired) electrons. The number of rotatable bonds is 2. The molecule has 9 heteroatoms. The number of nitrogens with one attached hydrogen (secondary N) is 2. The number of halogens is 1. The first-order valence-corrected chi connectivity index (χ1v) is 8.18. The maximum Gasteiger partial charge on any atom is 0.280 e. The molecule has 2 aliphatic heterocycles. The second-order valence-electron chi connectivity index (χ2n) is 6.35. The molecule has 0 unspecified atom stereocenters. The molecule has 8 nitrogen and oxygen atoms in total. The van der Waals surface area contributed by atoms with Crippen LogP contribution >= 0.6 is 11.6 Å². The van der Waals surface area contributed by atoms with Crippen LogP contribution in [0.15, 0.2) is 0 Å². The van der Waals surface area contributed by atoms with Crippen molar-refractivity contribution in [1.82, 2.24) is 10.6 Å². The van der Waals surface area contributed by atoms with E-state index in [2.05, 4.69) is 10.6 Å². The van der Waals surface area contributed by atoms with Crippen molar-refractivity contribution in [3.05, 3.63) is 0 Å². The van der Waals surface area contributed by atoms with Crippen molar-refractivity contribution in [2.45, 2.75) is 67.3 Å². The summed E-state index contributed by atoms with van der Waals surface area (Å²) >= 11 is 6.45. The molecule has 1 aliphatic carbocycles. The number of alkyl halides is 1. The first-order valence-electron chi connectivity index (χ1n) is 7.74. The van der Waals surface area contributed by atoms with E-state index < -0.39 is 53.6 Å². The Morgan fingerprint density at radius 1 is 1.22 bits per heavy atom.